The highest BCUT2D eigenvalue weighted by Crippen LogP contribution is 2.25. The maximum atomic E-state index is 13.7. The third-order valence-electron chi connectivity index (χ3n) is 5.08. The zero-order valence-electron chi connectivity index (χ0n) is 17.7. The Bertz CT molecular complexity index is 1520. The van der Waals surface area contributed by atoms with Crippen molar-refractivity contribution in [3.63, 3.8) is 0 Å². The van der Waals surface area contributed by atoms with Crippen molar-refractivity contribution in [3.8, 4) is 17.1 Å². The molecule has 0 aliphatic carbocycles. The minimum atomic E-state index is -0.549. The molecule has 34 heavy (non-hydrogen) atoms. The number of hydrogen-bond donors (Lipinski definition) is 0. The van der Waals surface area contributed by atoms with E-state index in [9.17, 15) is 9.18 Å². The lowest BCUT2D eigenvalue weighted by atomic mass is 10.2. The van der Waals surface area contributed by atoms with Gasteiger partial charge in [-0.2, -0.15) is 4.98 Å². The Kier molecular flexibility index (Phi) is 6.37. The molecule has 0 saturated carbocycles. The number of benzene rings is 2. The van der Waals surface area contributed by atoms with Crippen LogP contribution in [0.25, 0.3) is 28.0 Å². The quantitative estimate of drug-likeness (QED) is 0.171. The van der Waals surface area contributed by atoms with Crippen LogP contribution in [0, 0.1) is 5.82 Å². The van der Waals surface area contributed by atoms with Crippen molar-refractivity contribution in [2.24, 2.45) is 0 Å². The van der Waals surface area contributed by atoms with Gasteiger partial charge in [0.15, 0.2) is 5.16 Å². The third-order valence-corrected chi connectivity index (χ3v) is 6.39. The largest absolute Gasteiger partial charge is 0.339 e. The predicted molar refractivity (Wildman–Crippen MR) is 129 cm³/mol. The van der Waals surface area contributed by atoms with Crippen LogP contribution in [0.5, 0.6) is 0 Å². The highest BCUT2D eigenvalue weighted by atomic mass is 35.5. The molecule has 10 heteroatoms. The molecule has 0 aliphatic rings. The van der Waals surface area contributed by atoms with Crippen molar-refractivity contribution >= 4 is 34.3 Å². The second kappa shape index (κ2) is 9.74. The van der Waals surface area contributed by atoms with Crippen LogP contribution in [0.3, 0.4) is 0 Å². The van der Waals surface area contributed by atoms with Crippen molar-refractivity contribution in [3.05, 3.63) is 94.1 Å². The number of halogens is 2. The number of nitrogens with zero attached hydrogens (tertiary/aromatic N) is 5. The van der Waals surface area contributed by atoms with Crippen molar-refractivity contribution in [2.75, 3.05) is 5.75 Å². The number of aryl methyl sites for hydroxylation is 1. The van der Waals surface area contributed by atoms with Gasteiger partial charge in [0.2, 0.25) is 11.7 Å². The standard InChI is InChI=1S/C24H17ClFN5O2S/c25-18-14-16(7-8-19(18)26)31-23(32)17-4-1-2-5-20(17)28-24(31)34-13-3-6-21-29-22(30-33-21)15-9-11-27-12-10-15/h1-2,4-5,7-12,14H,3,6,13H2. The van der Waals surface area contributed by atoms with Crippen LogP contribution in [0.1, 0.15) is 12.3 Å². The van der Waals surface area contributed by atoms with Gasteiger partial charge in [-0.3, -0.25) is 14.3 Å². The maximum Gasteiger partial charge on any atom is 0.266 e. The first-order valence-corrected chi connectivity index (χ1v) is 11.8. The normalized spacial score (nSPS) is 11.2. The second-order valence-electron chi connectivity index (χ2n) is 7.35. The van der Waals surface area contributed by atoms with Gasteiger partial charge in [0.25, 0.3) is 5.56 Å². The van der Waals surface area contributed by atoms with Gasteiger partial charge in [-0.15, -0.1) is 0 Å². The Labute approximate surface area is 202 Å². The minimum absolute atomic E-state index is 0.0603. The lowest BCUT2D eigenvalue weighted by Crippen LogP contribution is -2.22. The fraction of sp³-hybridized carbons (Fsp3) is 0.125. The SMILES string of the molecule is O=c1c2ccccc2nc(SCCCc2nc(-c3ccncc3)no2)n1-c1ccc(F)c(Cl)c1. The number of pyridine rings is 1. The van der Waals surface area contributed by atoms with E-state index in [1.807, 2.05) is 18.2 Å². The van der Waals surface area contributed by atoms with E-state index in [4.69, 9.17) is 16.1 Å². The van der Waals surface area contributed by atoms with Gasteiger partial charge in [0.05, 0.1) is 21.6 Å². The molecule has 3 heterocycles. The molecule has 0 saturated heterocycles. The van der Waals surface area contributed by atoms with E-state index in [1.54, 1.807) is 30.6 Å². The fourth-order valence-electron chi connectivity index (χ4n) is 3.42. The first-order chi connectivity index (χ1) is 16.6. The molecule has 3 aromatic heterocycles. The number of hydrogen-bond acceptors (Lipinski definition) is 7. The van der Waals surface area contributed by atoms with Crippen LogP contribution in [-0.4, -0.2) is 30.4 Å². The van der Waals surface area contributed by atoms with Crippen molar-refractivity contribution in [2.45, 2.75) is 18.0 Å². The summed E-state index contributed by atoms with van der Waals surface area (Å²) in [5.41, 5.74) is 1.64. The average molecular weight is 494 g/mol. The molecule has 0 atom stereocenters. The molecule has 0 amide bonds. The van der Waals surface area contributed by atoms with Crippen LogP contribution in [0.4, 0.5) is 4.39 Å². The van der Waals surface area contributed by atoms with Crippen LogP contribution >= 0.6 is 23.4 Å². The lowest BCUT2D eigenvalue weighted by molar-refractivity contribution is 0.378. The number of rotatable bonds is 7. The summed E-state index contributed by atoms with van der Waals surface area (Å²) in [5.74, 6) is 1.14. The van der Waals surface area contributed by atoms with Crippen LogP contribution in [-0.2, 0) is 6.42 Å². The Hall–Kier alpha value is -3.56. The van der Waals surface area contributed by atoms with Gasteiger partial charge < -0.3 is 4.52 Å². The third kappa shape index (κ3) is 4.57. The molecule has 5 rings (SSSR count). The minimum Gasteiger partial charge on any atom is -0.339 e. The topological polar surface area (TPSA) is 86.7 Å². The molecular formula is C24H17ClFN5O2S. The molecular weight excluding hydrogens is 477 g/mol. The molecule has 2 aromatic carbocycles. The van der Waals surface area contributed by atoms with Crippen LogP contribution in [0.15, 0.2) is 81.5 Å². The van der Waals surface area contributed by atoms with Gasteiger partial charge in [0, 0.05) is 30.1 Å². The van der Waals surface area contributed by atoms with Gasteiger partial charge >= 0.3 is 0 Å². The van der Waals surface area contributed by atoms with Gasteiger partial charge in [0.1, 0.15) is 5.82 Å². The monoisotopic (exact) mass is 493 g/mol. The van der Waals surface area contributed by atoms with E-state index in [2.05, 4.69) is 20.1 Å². The molecule has 170 valence electrons. The molecule has 7 nitrogen and oxygen atoms in total. The summed E-state index contributed by atoms with van der Waals surface area (Å²) in [6.45, 7) is 0. The van der Waals surface area contributed by atoms with Crippen LogP contribution in [0.2, 0.25) is 5.02 Å². The average Bonchev–Trinajstić information content (AvgIpc) is 3.33. The number of para-hydroxylation sites is 1. The highest BCUT2D eigenvalue weighted by Gasteiger charge is 2.15. The second-order valence-corrected chi connectivity index (χ2v) is 8.82. The van der Waals surface area contributed by atoms with E-state index in [0.717, 1.165) is 12.0 Å². The van der Waals surface area contributed by atoms with Crippen molar-refractivity contribution in [1.82, 2.24) is 24.7 Å². The molecule has 0 aliphatic heterocycles. The Morgan fingerprint density at radius 3 is 2.71 bits per heavy atom. The highest BCUT2D eigenvalue weighted by molar-refractivity contribution is 7.99. The van der Waals surface area contributed by atoms with Crippen molar-refractivity contribution in [1.29, 1.82) is 0 Å². The molecule has 0 radical (unpaired) electrons. The maximum absolute atomic E-state index is 13.7. The zero-order valence-corrected chi connectivity index (χ0v) is 19.3. The zero-order chi connectivity index (χ0) is 23.5. The van der Waals surface area contributed by atoms with E-state index in [-0.39, 0.29) is 10.6 Å². The van der Waals surface area contributed by atoms with Gasteiger partial charge in [-0.05, 0) is 48.9 Å². The summed E-state index contributed by atoms with van der Waals surface area (Å²) in [5, 5.41) is 4.93. The summed E-state index contributed by atoms with van der Waals surface area (Å²) in [7, 11) is 0. The van der Waals surface area contributed by atoms with Crippen LogP contribution < -0.4 is 5.56 Å². The summed E-state index contributed by atoms with van der Waals surface area (Å²) >= 11 is 7.40. The predicted octanol–water partition coefficient (Wildman–Crippen LogP) is 5.35. The Morgan fingerprint density at radius 1 is 1.06 bits per heavy atom. The number of thioether (sulfide) groups is 1. The molecule has 0 N–H and O–H groups in total. The summed E-state index contributed by atoms with van der Waals surface area (Å²) < 4.78 is 20.5. The summed E-state index contributed by atoms with van der Waals surface area (Å²) in [4.78, 5) is 26.4. The molecule has 0 bridgehead atoms. The first kappa shape index (κ1) is 22.2. The summed E-state index contributed by atoms with van der Waals surface area (Å²) in [6.07, 6.45) is 4.64. The van der Waals surface area contributed by atoms with E-state index in [1.165, 1.54) is 34.5 Å². The smallest absolute Gasteiger partial charge is 0.266 e. The van der Waals surface area contributed by atoms with Crippen molar-refractivity contribution < 1.29 is 8.91 Å². The van der Waals surface area contributed by atoms with Gasteiger partial charge in [-0.1, -0.05) is 40.7 Å². The number of aromatic nitrogens is 5. The fourth-order valence-corrected chi connectivity index (χ4v) is 4.55. The van der Waals surface area contributed by atoms with E-state index < -0.39 is 5.82 Å². The molecule has 0 unspecified atom stereocenters. The number of fused-ring (bicyclic) bond motifs is 1. The Balaban J connectivity index is 1.36. The van der Waals surface area contributed by atoms with E-state index in [0.29, 0.717) is 45.6 Å². The Morgan fingerprint density at radius 2 is 1.88 bits per heavy atom. The lowest BCUT2D eigenvalue weighted by Gasteiger charge is -2.13. The van der Waals surface area contributed by atoms with E-state index >= 15 is 0 Å². The molecule has 5 aromatic rings. The molecule has 0 spiro atoms. The van der Waals surface area contributed by atoms with Gasteiger partial charge in [-0.25, -0.2) is 9.37 Å². The molecule has 0 fully saturated rings. The summed E-state index contributed by atoms with van der Waals surface area (Å²) in [6, 6.07) is 14.9. The first-order valence-electron chi connectivity index (χ1n) is 10.4.